The second kappa shape index (κ2) is 4.91. The summed E-state index contributed by atoms with van der Waals surface area (Å²) in [6, 6.07) is 10.3. The predicted octanol–water partition coefficient (Wildman–Crippen LogP) is 4.00. The summed E-state index contributed by atoms with van der Waals surface area (Å²) in [5, 5.41) is 10.2. The fraction of sp³-hybridized carbons (Fsp3) is 0.294. The highest BCUT2D eigenvalue weighted by Gasteiger charge is 2.29. The van der Waals surface area contributed by atoms with Gasteiger partial charge >= 0.3 is 0 Å². The van der Waals surface area contributed by atoms with Crippen LogP contribution in [0, 0.1) is 19.7 Å². The second-order valence-corrected chi connectivity index (χ2v) is 5.33. The van der Waals surface area contributed by atoms with Gasteiger partial charge in [-0.3, -0.25) is 0 Å². The lowest BCUT2D eigenvalue weighted by molar-refractivity contribution is 0.0650. The number of fused-ring (bicyclic) bond motifs is 1. The smallest absolute Gasteiger partial charge is 0.128 e. The Morgan fingerprint density at radius 3 is 2.75 bits per heavy atom. The Labute approximate surface area is 117 Å². The molecular weight excluding hydrogens is 255 g/mol. The van der Waals surface area contributed by atoms with Gasteiger partial charge in [0.15, 0.2) is 0 Å². The highest BCUT2D eigenvalue weighted by molar-refractivity contribution is 5.41. The molecule has 0 fully saturated rings. The summed E-state index contributed by atoms with van der Waals surface area (Å²) < 4.78 is 19.2. The predicted molar refractivity (Wildman–Crippen MR) is 75.3 cm³/mol. The SMILES string of the molecule is Cc1cccc(C2C[C@H](O)c3ccc(F)cc3O2)c1C. The van der Waals surface area contributed by atoms with E-state index in [4.69, 9.17) is 4.74 Å². The summed E-state index contributed by atoms with van der Waals surface area (Å²) in [6.07, 6.45) is -0.369. The van der Waals surface area contributed by atoms with Crippen molar-refractivity contribution >= 4 is 0 Å². The average Bonchev–Trinajstić information content (AvgIpc) is 2.41. The van der Waals surface area contributed by atoms with E-state index < -0.39 is 6.10 Å². The van der Waals surface area contributed by atoms with Crippen LogP contribution in [0.3, 0.4) is 0 Å². The molecule has 0 spiro atoms. The van der Waals surface area contributed by atoms with E-state index in [9.17, 15) is 9.50 Å². The highest BCUT2D eigenvalue weighted by atomic mass is 19.1. The first-order valence-electron chi connectivity index (χ1n) is 6.76. The Bertz CT molecular complexity index is 651. The van der Waals surface area contributed by atoms with Crippen LogP contribution >= 0.6 is 0 Å². The maximum Gasteiger partial charge on any atom is 0.128 e. The van der Waals surface area contributed by atoms with E-state index in [1.807, 2.05) is 32.0 Å². The van der Waals surface area contributed by atoms with Crippen molar-refractivity contribution in [1.82, 2.24) is 0 Å². The van der Waals surface area contributed by atoms with Crippen molar-refractivity contribution in [2.45, 2.75) is 32.5 Å². The quantitative estimate of drug-likeness (QED) is 0.850. The zero-order valence-electron chi connectivity index (χ0n) is 11.6. The molecule has 2 aromatic carbocycles. The zero-order chi connectivity index (χ0) is 14.3. The van der Waals surface area contributed by atoms with E-state index in [0.717, 1.165) is 11.1 Å². The minimum atomic E-state index is -0.621. The van der Waals surface area contributed by atoms with Crippen molar-refractivity contribution in [3.63, 3.8) is 0 Å². The second-order valence-electron chi connectivity index (χ2n) is 5.33. The largest absolute Gasteiger partial charge is 0.485 e. The van der Waals surface area contributed by atoms with Gasteiger partial charge in [0.25, 0.3) is 0 Å². The zero-order valence-corrected chi connectivity index (χ0v) is 11.6. The van der Waals surface area contributed by atoms with Crippen molar-refractivity contribution in [1.29, 1.82) is 0 Å². The number of hydrogen-bond donors (Lipinski definition) is 1. The minimum Gasteiger partial charge on any atom is -0.485 e. The van der Waals surface area contributed by atoms with Gasteiger partial charge in [-0.25, -0.2) is 4.39 Å². The van der Waals surface area contributed by atoms with Gasteiger partial charge in [-0.2, -0.15) is 0 Å². The first-order valence-corrected chi connectivity index (χ1v) is 6.76. The number of ether oxygens (including phenoxy) is 1. The summed E-state index contributed by atoms with van der Waals surface area (Å²) in [5.74, 6) is 0.0900. The van der Waals surface area contributed by atoms with Crippen LogP contribution in [-0.4, -0.2) is 5.11 Å². The van der Waals surface area contributed by atoms with Crippen LogP contribution in [0.4, 0.5) is 4.39 Å². The van der Waals surface area contributed by atoms with Crippen LogP contribution < -0.4 is 4.74 Å². The van der Waals surface area contributed by atoms with Gasteiger partial charge in [0.1, 0.15) is 17.7 Å². The fourth-order valence-electron chi connectivity index (χ4n) is 2.73. The molecule has 104 valence electrons. The highest BCUT2D eigenvalue weighted by Crippen LogP contribution is 2.41. The summed E-state index contributed by atoms with van der Waals surface area (Å²) in [7, 11) is 0. The molecule has 0 radical (unpaired) electrons. The van der Waals surface area contributed by atoms with Crippen molar-refractivity contribution < 1.29 is 14.2 Å². The van der Waals surface area contributed by atoms with Crippen molar-refractivity contribution in [3.8, 4) is 5.75 Å². The molecule has 0 bridgehead atoms. The fourth-order valence-corrected chi connectivity index (χ4v) is 2.73. The van der Waals surface area contributed by atoms with Crippen molar-refractivity contribution in [2.24, 2.45) is 0 Å². The molecule has 0 amide bonds. The van der Waals surface area contributed by atoms with Crippen LogP contribution in [0.25, 0.3) is 0 Å². The molecule has 0 saturated carbocycles. The molecular formula is C17H17FO2. The van der Waals surface area contributed by atoms with Gasteiger partial charge in [0.2, 0.25) is 0 Å². The lowest BCUT2D eigenvalue weighted by Gasteiger charge is -2.31. The number of aliphatic hydroxyl groups excluding tert-OH is 1. The Morgan fingerprint density at radius 2 is 1.95 bits per heavy atom. The number of aliphatic hydroxyl groups is 1. The standard InChI is InChI=1S/C17H17FO2/c1-10-4-3-5-13(11(10)2)17-9-15(19)14-7-6-12(18)8-16(14)20-17/h3-8,15,17,19H,9H2,1-2H3/t15-,17?/m0/s1. The number of halogens is 1. The van der Waals surface area contributed by atoms with Gasteiger partial charge in [-0.15, -0.1) is 0 Å². The van der Waals surface area contributed by atoms with E-state index in [1.54, 1.807) is 6.07 Å². The molecule has 0 aromatic heterocycles. The molecule has 1 aliphatic heterocycles. The first-order chi connectivity index (χ1) is 9.56. The Hall–Kier alpha value is -1.87. The van der Waals surface area contributed by atoms with Gasteiger partial charge in [0, 0.05) is 18.1 Å². The normalized spacial score (nSPS) is 21.2. The van der Waals surface area contributed by atoms with E-state index in [1.165, 1.54) is 17.7 Å². The lowest BCUT2D eigenvalue weighted by Crippen LogP contribution is -2.20. The minimum absolute atomic E-state index is 0.237. The monoisotopic (exact) mass is 272 g/mol. The molecule has 1 heterocycles. The molecule has 0 saturated heterocycles. The number of benzene rings is 2. The summed E-state index contributed by atoms with van der Waals surface area (Å²) in [6.45, 7) is 4.09. The molecule has 0 aliphatic carbocycles. The van der Waals surface area contributed by atoms with Gasteiger partial charge < -0.3 is 9.84 Å². The Balaban J connectivity index is 2.00. The Morgan fingerprint density at radius 1 is 1.15 bits per heavy atom. The van der Waals surface area contributed by atoms with E-state index in [2.05, 4.69) is 0 Å². The number of rotatable bonds is 1. The maximum atomic E-state index is 13.3. The van der Waals surface area contributed by atoms with Crippen LogP contribution in [-0.2, 0) is 0 Å². The van der Waals surface area contributed by atoms with Crippen molar-refractivity contribution in [2.75, 3.05) is 0 Å². The average molecular weight is 272 g/mol. The third kappa shape index (κ3) is 2.18. The van der Waals surface area contributed by atoms with Crippen LogP contribution in [0.1, 0.15) is 40.9 Å². The summed E-state index contributed by atoms with van der Waals surface area (Å²) in [5.41, 5.74) is 4.06. The molecule has 1 aliphatic rings. The van der Waals surface area contributed by atoms with Gasteiger partial charge in [-0.1, -0.05) is 18.2 Å². The van der Waals surface area contributed by atoms with E-state index in [-0.39, 0.29) is 11.9 Å². The van der Waals surface area contributed by atoms with Gasteiger partial charge in [-0.05, 0) is 42.7 Å². The summed E-state index contributed by atoms with van der Waals surface area (Å²) in [4.78, 5) is 0. The molecule has 2 atom stereocenters. The molecule has 1 N–H and O–H groups in total. The molecule has 20 heavy (non-hydrogen) atoms. The van der Waals surface area contributed by atoms with E-state index >= 15 is 0 Å². The molecule has 2 nitrogen and oxygen atoms in total. The van der Waals surface area contributed by atoms with Gasteiger partial charge in [0.05, 0.1) is 6.10 Å². The van der Waals surface area contributed by atoms with Crippen LogP contribution in [0.15, 0.2) is 36.4 Å². The molecule has 1 unspecified atom stereocenters. The summed E-state index contributed by atoms with van der Waals surface area (Å²) >= 11 is 0. The third-order valence-corrected chi connectivity index (χ3v) is 4.03. The topological polar surface area (TPSA) is 29.5 Å². The lowest BCUT2D eigenvalue weighted by atomic mass is 9.91. The van der Waals surface area contributed by atoms with Crippen LogP contribution in [0.5, 0.6) is 5.75 Å². The Kier molecular flexibility index (Phi) is 3.22. The van der Waals surface area contributed by atoms with Crippen molar-refractivity contribution in [3.05, 3.63) is 64.5 Å². The molecule has 3 heteroatoms. The third-order valence-electron chi connectivity index (χ3n) is 4.03. The molecule has 2 aromatic rings. The first kappa shape index (κ1) is 13.1. The van der Waals surface area contributed by atoms with E-state index in [0.29, 0.717) is 17.7 Å². The number of aryl methyl sites for hydroxylation is 1. The van der Waals surface area contributed by atoms with Crippen LogP contribution in [0.2, 0.25) is 0 Å². The molecule has 3 rings (SSSR count). The number of hydrogen-bond acceptors (Lipinski definition) is 2. The maximum absolute atomic E-state index is 13.3.